The largest absolute Gasteiger partial charge is 0.472 e. The molecule has 0 spiro atoms. The van der Waals surface area contributed by atoms with Crippen LogP contribution in [-0.2, 0) is 18.4 Å². The molecule has 0 fully saturated rings. The van der Waals surface area contributed by atoms with Crippen molar-refractivity contribution in [3.63, 3.8) is 0 Å². The summed E-state index contributed by atoms with van der Waals surface area (Å²) in [5, 5.41) is 13.7. The van der Waals surface area contributed by atoms with Crippen molar-refractivity contribution in [3.8, 4) is 0 Å². The molecule has 0 heterocycles. The molecule has 3 N–H and O–H groups in total. The summed E-state index contributed by atoms with van der Waals surface area (Å²) in [5.74, 6) is -0.204. The van der Waals surface area contributed by atoms with Gasteiger partial charge in [0.15, 0.2) is 0 Å². The van der Waals surface area contributed by atoms with Crippen LogP contribution in [0.25, 0.3) is 0 Å². The molecule has 9 heteroatoms. The molecular weight excluding hydrogens is 659 g/mol. The molecule has 0 saturated carbocycles. The van der Waals surface area contributed by atoms with Crippen LogP contribution < -0.4 is 5.32 Å². The zero-order chi connectivity index (χ0) is 37.9. The van der Waals surface area contributed by atoms with Gasteiger partial charge in [-0.2, -0.15) is 0 Å². The van der Waals surface area contributed by atoms with E-state index in [0.29, 0.717) is 17.4 Å². The SMILES string of the molecule is CCCCCC/C=C\C/C=C\CCCCCCCC(=O)NC(COP(=O)(O)OCC[N+](C)(C)C)C(O)/C=C/CC/C=C/CCCCCCCCC. The number of hydrogen-bond donors (Lipinski definition) is 3. The zero-order valence-corrected chi connectivity index (χ0v) is 34.5. The van der Waals surface area contributed by atoms with Crippen molar-refractivity contribution in [2.45, 2.75) is 174 Å². The smallest absolute Gasteiger partial charge is 0.387 e. The fourth-order valence-corrected chi connectivity index (χ4v) is 6.17. The minimum atomic E-state index is -4.34. The van der Waals surface area contributed by atoms with Gasteiger partial charge in [0.2, 0.25) is 5.91 Å². The van der Waals surface area contributed by atoms with Crippen LogP contribution in [-0.4, -0.2) is 73.4 Å². The van der Waals surface area contributed by atoms with E-state index in [-0.39, 0.29) is 19.1 Å². The Kier molecular flexibility index (Phi) is 33.2. The highest BCUT2D eigenvalue weighted by atomic mass is 31.2. The molecule has 8 nitrogen and oxygen atoms in total. The third-order valence-corrected chi connectivity index (χ3v) is 9.76. The number of allylic oxidation sites excluding steroid dienone is 7. The molecular formula is C42H80N2O6P+. The molecule has 0 radical (unpaired) electrons. The van der Waals surface area contributed by atoms with Crippen molar-refractivity contribution in [1.82, 2.24) is 5.32 Å². The second kappa shape index (κ2) is 34.2. The van der Waals surface area contributed by atoms with Gasteiger partial charge in [-0.25, -0.2) is 4.57 Å². The van der Waals surface area contributed by atoms with E-state index in [1.165, 1.54) is 77.0 Å². The van der Waals surface area contributed by atoms with Crippen LogP contribution in [0.3, 0.4) is 0 Å². The summed E-state index contributed by atoms with van der Waals surface area (Å²) < 4.78 is 23.5. The molecule has 1 amide bonds. The second-order valence-electron chi connectivity index (χ2n) is 15.0. The number of rotatable bonds is 36. The van der Waals surface area contributed by atoms with Crippen LogP contribution in [0.2, 0.25) is 0 Å². The van der Waals surface area contributed by atoms with E-state index < -0.39 is 20.0 Å². The number of phosphoric acid groups is 1. The van der Waals surface area contributed by atoms with Crippen LogP contribution in [0.5, 0.6) is 0 Å². The molecule has 298 valence electrons. The molecule has 0 aliphatic heterocycles. The van der Waals surface area contributed by atoms with Gasteiger partial charge in [-0.15, -0.1) is 0 Å². The molecule has 3 unspecified atom stereocenters. The van der Waals surface area contributed by atoms with Crippen LogP contribution in [0.15, 0.2) is 48.6 Å². The van der Waals surface area contributed by atoms with Gasteiger partial charge < -0.3 is 19.8 Å². The van der Waals surface area contributed by atoms with Crippen LogP contribution in [0.1, 0.15) is 162 Å². The van der Waals surface area contributed by atoms with Crippen molar-refractivity contribution in [2.75, 3.05) is 40.9 Å². The third kappa shape index (κ3) is 36.6. The van der Waals surface area contributed by atoms with E-state index in [1.54, 1.807) is 6.08 Å². The van der Waals surface area contributed by atoms with Crippen molar-refractivity contribution in [1.29, 1.82) is 0 Å². The summed E-state index contributed by atoms with van der Waals surface area (Å²) in [5.41, 5.74) is 0. The fraction of sp³-hybridized carbons (Fsp3) is 0.786. The molecule has 0 saturated heterocycles. The highest BCUT2D eigenvalue weighted by Gasteiger charge is 2.27. The Morgan fingerprint density at radius 3 is 1.71 bits per heavy atom. The van der Waals surface area contributed by atoms with Crippen molar-refractivity contribution >= 4 is 13.7 Å². The van der Waals surface area contributed by atoms with Gasteiger partial charge in [0.1, 0.15) is 13.2 Å². The molecule has 51 heavy (non-hydrogen) atoms. The number of quaternary nitrogens is 1. The topological polar surface area (TPSA) is 105 Å². The maximum atomic E-state index is 12.8. The predicted octanol–water partition coefficient (Wildman–Crippen LogP) is 10.9. The summed E-state index contributed by atoms with van der Waals surface area (Å²) in [7, 11) is 1.54. The van der Waals surface area contributed by atoms with Crippen LogP contribution >= 0.6 is 7.82 Å². The molecule has 0 aliphatic carbocycles. The first kappa shape index (κ1) is 49.5. The van der Waals surface area contributed by atoms with Crippen molar-refractivity contribution < 1.29 is 32.9 Å². The average Bonchev–Trinajstić information content (AvgIpc) is 3.07. The summed E-state index contributed by atoms with van der Waals surface area (Å²) in [6.07, 6.45) is 41.7. The molecule has 0 aliphatic rings. The molecule has 0 aromatic rings. The lowest BCUT2D eigenvalue weighted by Crippen LogP contribution is -2.45. The Morgan fingerprint density at radius 2 is 1.14 bits per heavy atom. The number of likely N-dealkylation sites (N-methyl/N-ethyl adjacent to an activating group) is 1. The highest BCUT2D eigenvalue weighted by Crippen LogP contribution is 2.43. The second-order valence-corrected chi connectivity index (χ2v) is 16.5. The maximum Gasteiger partial charge on any atom is 0.472 e. The lowest BCUT2D eigenvalue weighted by atomic mass is 10.1. The van der Waals surface area contributed by atoms with E-state index >= 15 is 0 Å². The summed E-state index contributed by atoms with van der Waals surface area (Å²) in [4.78, 5) is 23.0. The number of amides is 1. The summed E-state index contributed by atoms with van der Waals surface area (Å²) >= 11 is 0. The van der Waals surface area contributed by atoms with E-state index in [4.69, 9.17) is 9.05 Å². The predicted molar refractivity (Wildman–Crippen MR) is 217 cm³/mol. The number of phosphoric ester groups is 1. The number of carbonyl (C=O) groups is 1. The summed E-state index contributed by atoms with van der Waals surface area (Å²) in [6, 6.07) is -0.869. The van der Waals surface area contributed by atoms with Crippen LogP contribution in [0.4, 0.5) is 0 Å². The van der Waals surface area contributed by atoms with E-state index in [0.717, 1.165) is 64.2 Å². The van der Waals surface area contributed by atoms with Gasteiger partial charge in [-0.05, 0) is 64.2 Å². The third-order valence-electron chi connectivity index (χ3n) is 8.77. The van der Waals surface area contributed by atoms with Gasteiger partial charge in [-0.3, -0.25) is 13.8 Å². The quantitative estimate of drug-likeness (QED) is 0.0256. The molecule has 0 rings (SSSR count). The molecule has 0 aromatic carbocycles. The number of unbranched alkanes of at least 4 members (excludes halogenated alkanes) is 17. The van der Waals surface area contributed by atoms with Gasteiger partial charge >= 0.3 is 7.82 Å². The first-order valence-corrected chi connectivity index (χ1v) is 22.0. The lowest BCUT2D eigenvalue weighted by molar-refractivity contribution is -0.870. The monoisotopic (exact) mass is 740 g/mol. The standard InChI is InChI=1S/C42H79N2O6P/c1-6-8-10-12-14-16-18-20-21-22-24-26-28-30-32-34-36-42(46)43-40(39-50-51(47,48)49-38-37-44(3,4)5)41(45)35-33-31-29-27-25-23-19-17-15-13-11-9-7-2/h16,18,21-22,25,27,33,35,40-41,45H,6-15,17,19-20,23-24,26,28-32,34,36-39H2,1-5H3,(H-,43,46,47,48)/p+1/b18-16-,22-21-,27-25+,35-33+. The number of hydrogen-bond acceptors (Lipinski definition) is 5. The first-order chi connectivity index (χ1) is 24.5. The fourth-order valence-electron chi connectivity index (χ4n) is 5.44. The number of carbonyl (C=O) groups excluding carboxylic acids is 1. The Balaban J connectivity index is 4.57. The Labute approximate surface area is 314 Å². The number of aliphatic hydroxyl groups is 1. The zero-order valence-electron chi connectivity index (χ0n) is 33.6. The number of aliphatic hydroxyl groups excluding tert-OH is 1. The van der Waals surface area contributed by atoms with E-state index in [1.807, 2.05) is 27.2 Å². The van der Waals surface area contributed by atoms with Gasteiger partial charge in [0.05, 0.1) is 39.9 Å². The minimum Gasteiger partial charge on any atom is -0.387 e. The van der Waals surface area contributed by atoms with Gasteiger partial charge in [-0.1, -0.05) is 140 Å². The maximum absolute atomic E-state index is 12.8. The molecule has 0 bridgehead atoms. The highest BCUT2D eigenvalue weighted by molar-refractivity contribution is 7.47. The number of nitrogens with zero attached hydrogens (tertiary/aromatic N) is 1. The van der Waals surface area contributed by atoms with Crippen molar-refractivity contribution in [3.05, 3.63) is 48.6 Å². The van der Waals surface area contributed by atoms with E-state index in [2.05, 4.69) is 55.6 Å². The number of nitrogens with one attached hydrogen (secondary N) is 1. The normalized spacial score (nSPS) is 15.0. The summed E-state index contributed by atoms with van der Waals surface area (Å²) in [6.45, 7) is 4.73. The Morgan fingerprint density at radius 1 is 0.667 bits per heavy atom. The van der Waals surface area contributed by atoms with Crippen LogP contribution in [0, 0.1) is 0 Å². The molecule has 3 atom stereocenters. The molecule has 0 aromatic heterocycles. The Bertz CT molecular complexity index is 975. The van der Waals surface area contributed by atoms with E-state index in [9.17, 15) is 19.4 Å². The Hall–Kier alpha value is -1.54. The first-order valence-electron chi connectivity index (χ1n) is 20.5. The van der Waals surface area contributed by atoms with Gasteiger partial charge in [0, 0.05) is 6.42 Å². The van der Waals surface area contributed by atoms with Gasteiger partial charge in [0.25, 0.3) is 0 Å². The average molecular weight is 740 g/mol. The van der Waals surface area contributed by atoms with Crippen molar-refractivity contribution in [2.24, 2.45) is 0 Å². The minimum absolute atomic E-state index is 0.0517. The lowest BCUT2D eigenvalue weighted by Gasteiger charge is -2.25.